The number of fused-ring (bicyclic) bond motifs is 1. The van der Waals surface area contributed by atoms with Gasteiger partial charge in [-0.25, -0.2) is 4.98 Å². The standard InChI is InChI=1S/C25H18N2/c1-3-7-18(8-4-1)21-13-22(19-9-5-2-6-10-19)15-23(14-21)20-11-12-24-25(16-20)27-17-26-24/h1-17H,(H,26,27). The summed E-state index contributed by atoms with van der Waals surface area (Å²) in [4.78, 5) is 7.57. The van der Waals surface area contributed by atoms with Crippen LogP contribution >= 0.6 is 0 Å². The fourth-order valence-corrected chi connectivity index (χ4v) is 3.50. The molecule has 2 nitrogen and oxygen atoms in total. The van der Waals surface area contributed by atoms with Crippen molar-refractivity contribution in [3.8, 4) is 33.4 Å². The van der Waals surface area contributed by atoms with E-state index < -0.39 is 0 Å². The molecule has 0 unspecified atom stereocenters. The van der Waals surface area contributed by atoms with Gasteiger partial charge in [-0.2, -0.15) is 0 Å². The predicted octanol–water partition coefficient (Wildman–Crippen LogP) is 6.56. The first-order valence-electron chi connectivity index (χ1n) is 9.06. The summed E-state index contributed by atoms with van der Waals surface area (Å²) >= 11 is 0. The second-order valence-electron chi connectivity index (χ2n) is 6.67. The number of nitrogens with one attached hydrogen (secondary N) is 1. The molecule has 0 aliphatic rings. The molecule has 4 aromatic carbocycles. The van der Waals surface area contributed by atoms with Crippen molar-refractivity contribution in [1.29, 1.82) is 0 Å². The summed E-state index contributed by atoms with van der Waals surface area (Å²) < 4.78 is 0. The molecule has 0 atom stereocenters. The zero-order valence-electron chi connectivity index (χ0n) is 14.8. The van der Waals surface area contributed by atoms with Crippen LogP contribution in [0.3, 0.4) is 0 Å². The van der Waals surface area contributed by atoms with Crippen molar-refractivity contribution in [3.05, 3.63) is 103 Å². The number of rotatable bonds is 3. The largest absolute Gasteiger partial charge is 0.345 e. The second-order valence-corrected chi connectivity index (χ2v) is 6.67. The SMILES string of the molecule is c1ccc(-c2cc(-c3ccccc3)cc(-c3ccc4[nH]cnc4c3)c2)cc1. The predicted molar refractivity (Wildman–Crippen MR) is 112 cm³/mol. The molecule has 5 aromatic rings. The first-order chi connectivity index (χ1) is 13.4. The van der Waals surface area contributed by atoms with E-state index in [1.165, 1.54) is 33.4 Å². The highest BCUT2D eigenvalue weighted by Crippen LogP contribution is 2.33. The van der Waals surface area contributed by atoms with E-state index in [4.69, 9.17) is 0 Å². The second kappa shape index (κ2) is 6.58. The van der Waals surface area contributed by atoms with Crippen molar-refractivity contribution in [3.63, 3.8) is 0 Å². The summed E-state index contributed by atoms with van der Waals surface area (Å²) in [6.07, 6.45) is 1.74. The minimum atomic E-state index is 0.985. The number of imidazole rings is 1. The Balaban J connectivity index is 1.72. The van der Waals surface area contributed by atoms with E-state index in [0.717, 1.165) is 11.0 Å². The molecule has 0 amide bonds. The maximum atomic E-state index is 4.41. The first-order valence-corrected chi connectivity index (χ1v) is 9.06. The maximum Gasteiger partial charge on any atom is 0.0931 e. The lowest BCUT2D eigenvalue weighted by molar-refractivity contribution is 1.34. The van der Waals surface area contributed by atoms with Gasteiger partial charge >= 0.3 is 0 Å². The van der Waals surface area contributed by atoms with Crippen LogP contribution in [0.5, 0.6) is 0 Å². The number of hydrogen-bond donors (Lipinski definition) is 1. The van der Waals surface area contributed by atoms with Gasteiger partial charge in [0.1, 0.15) is 0 Å². The lowest BCUT2D eigenvalue weighted by Crippen LogP contribution is -1.86. The van der Waals surface area contributed by atoms with Gasteiger partial charge in [0.05, 0.1) is 17.4 Å². The molecule has 128 valence electrons. The summed E-state index contributed by atoms with van der Waals surface area (Å²) in [5, 5.41) is 0. The third-order valence-electron chi connectivity index (χ3n) is 4.90. The highest BCUT2D eigenvalue weighted by molar-refractivity contribution is 5.85. The van der Waals surface area contributed by atoms with Gasteiger partial charge < -0.3 is 4.98 Å². The number of nitrogens with zero attached hydrogens (tertiary/aromatic N) is 1. The van der Waals surface area contributed by atoms with Crippen LogP contribution in [0.1, 0.15) is 0 Å². The number of aromatic amines is 1. The molecule has 5 rings (SSSR count). The fourth-order valence-electron chi connectivity index (χ4n) is 3.50. The molecule has 0 radical (unpaired) electrons. The van der Waals surface area contributed by atoms with Gasteiger partial charge in [-0.15, -0.1) is 0 Å². The lowest BCUT2D eigenvalue weighted by atomic mass is 9.93. The Labute approximate surface area is 158 Å². The third kappa shape index (κ3) is 3.02. The summed E-state index contributed by atoms with van der Waals surface area (Å²) in [5.74, 6) is 0. The van der Waals surface area contributed by atoms with Crippen LogP contribution in [0, 0.1) is 0 Å². The van der Waals surface area contributed by atoms with Crippen LogP contribution in [-0.4, -0.2) is 9.97 Å². The lowest BCUT2D eigenvalue weighted by Gasteiger charge is -2.11. The number of H-pyrrole nitrogens is 1. The number of hydrogen-bond acceptors (Lipinski definition) is 1. The Kier molecular flexibility index (Phi) is 3.80. The van der Waals surface area contributed by atoms with Gasteiger partial charge in [0.25, 0.3) is 0 Å². The van der Waals surface area contributed by atoms with Crippen LogP contribution in [-0.2, 0) is 0 Å². The van der Waals surface area contributed by atoms with Crippen molar-refractivity contribution >= 4 is 11.0 Å². The number of aromatic nitrogens is 2. The first kappa shape index (κ1) is 15.6. The Hall–Kier alpha value is -3.65. The molecule has 0 bridgehead atoms. The van der Waals surface area contributed by atoms with E-state index in [1.807, 2.05) is 0 Å². The topological polar surface area (TPSA) is 28.7 Å². The third-order valence-corrected chi connectivity index (χ3v) is 4.90. The van der Waals surface area contributed by atoms with Crippen molar-refractivity contribution in [2.75, 3.05) is 0 Å². The zero-order valence-corrected chi connectivity index (χ0v) is 14.8. The maximum absolute atomic E-state index is 4.41. The molecular formula is C25H18N2. The normalized spacial score (nSPS) is 11.0. The average molecular weight is 346 g/mol. The molecule has 27 heavy (non-hydrogen) atoms. The Morgan fingerprint density at radius 2 is 1.04 bits per heavy atom. The quantitative estimate of drug-likeness (QED) is 0.393. The van der Waals surface area contributed by atoms with Gasteiger partial charge in [-0.1, -0.05) is 66.7 Å². The molecule has 0 aliphatic carbocycles. The van der Waals surface area contributed by atoms with Gasteiger partial charge in [-0.3, -0.25) is 0 Å². The van der Waals surface area contributed by atoms with E-state index in [-0.39, 0.29) is 0 Å². The highest BCUT2D eigenvalue weighted by Gasteiger charge is 2.08. The average Bonchev–Trinajstić information content (AvgIpc) is 3.22. The van der Waals surface area contributed by atoms with Crippen molar-refractivity contribution < 1.29 is 0 Å². The molecule has 2 heteroatoms. The van der Waals surface area contributed by atoms with E-state index >= 15 is 0 Å². The smallest absolute Gasteiger partial charge is 0.0931 e. The van der Waals surface area contributed by atoms with Crippen LogP contribution in [0.4, 0.5) is 0 Å². The van der Waals surface area contributed by atoms with E-state index in [9.17, 15) is 0 Å². The molecular weight excluding hydrogens is 328 g/mol. The molecule has 1 heterocycles. The van der Waals surface area contributed by atoms with E-state index in [1.54, 1.807) is 6.33 Å². The van der Waals surface area contributed by atoms with Crippen LogP contribution in [0.25, 0.3) is 44.4 Å². The Morgan fingerprint density at radius 3 is 1.63 bits per heavy atom. The molecule has 0 saturated carbocycles. The number of benzene rings is 4. The van der Waals surface area contributed by atoms with Crippen molar-refractivity contribution in [2.45, 2.75) is 0 Å². The highest BCUT2D eigenvalue weighted by atomic mass is 14.9. The molecule has 0 saturated heterocycles. The zero-order chi connectivity index (χ0) is 18.1. The van der Waals surface area contributed by atoms with Crippen molar-refractivity contribution in [2.24, 2.45) is 0 Å². The van der Waals surface area contributed by atoms with Crippen molar-refractivity contribution in [1.82, 2.24) is 9.97 Å². The molecule has 0 aliphatic heterocycles. The summed E-state index contributed by atoms with van der Waals surface area (Å²) in [6, 6.07) is 34.2. The van der Waals surface area contributed by atoms with Gasteiger partial charge in [0.2, 0.25) is 0 Å². The summed E-state index contributed by atoms with van der Waals surface area (Å²) in [6.45, 7) is 0. The molecule has 1 N–H and O–H groups in total. The van der Waals surface area contributed by atoms with Gasteiger partial charge in [0, 0.05) is 0 Å². The van der Waals surface area contributed by atoms with Gasteiger partial charge in [0.15, 0.2) is 0 Å². The Morgan fingerprint density at radius 1 is 0.481 bits per heavy atom. The minimum absolute atomic E-state index is 0.985. The van der Waals surface area contributed by atoms with Crippen LogP contribution in [0.15, 0.2) is 103 Å². The summed E-state index contributed by atoms with van der Waals surface area (Å²) in [5.41, 5.74) is 9.28. The van der Waals surface area contributed by atoms with Crippen LogP contribution < -0.4 is 0 Å². The van der Waals surface area contributed by atoms with E-state index in [2.05, 4.69) is 107 Å². The fraction of sp³-hybridized carbons (Fsp3) is 0. The Bertz CT molecular complexity index is 1150. The summed E-state index contributed by atoms with van der Waals surface area (Å²) in [7, 11) is 0. The van der Waals surface area contributed by atoms with Crippen LogP contribution in [0.2, 0.25) is 0 Å². The molecule has 1 aromatic heterocycles. The minimum Gasteiger partial charge on any atom is -0.345 e. The monoisotopic (exact) mass is 346 g/mol. The molecule has 0 fully saturated rings. The van der Waals surface area contributed by atoms with E-state index in [0.29, 0.717) is 0 Å². The molecule has 0 spiro atoms. The van der Waals surface area contributed by atoms with Gasteiger partial charge in [-0.05, 0) is 63.7 Å².